The molecular weight excluding hydrogens is 246 g/mol. The molecule has 0 aliphatic carbocycles. The van der Waals surface area contributed by atoms with Crippen molar-refractivity contribution in [2.45, 2.75) is 0 Å². The highest BCUT2D eigenvalue weighted by Gasteiger charge is 2.07. The van der Waals surface area contributed by atoms with Gasteiger partial charge in [-0.25, -0.2) is 4.98 Å². The molecule has 0 bridgehead atoms. The fraction of sp³-hybridized carbons (Fsp3) is 0.154. The van der Waals surface area contributed by atoms with E-state index < -0.39 is 0 Å². The maximum absolute atomic E-state index is 11.9. The third-order valence-electron chi connectivity index (χ3n) is 2.57. The van der Waals surface area contributed by atoms with Crippen molar-refractivity contribution < 1.29 is 9.53 Å². The lowest BCUT2D eigenvalue weighted by molar-refractivity contribution is 0.102. The number of amides is 1. The summed E-state index contributed by atoms with van der Waals surface area (Å²) < 4.78 is 6.31. The molecule has 19 heavy (non-hydrogen) atoms. The molecule has 1 amide bonds. The number of aryl methyl sites for hydroxylation is 1. The van der Waals surface area contributed by atoms with Crippen LogP contribution in [0.4, 0.5) is 5.69 Å². The first-order chi connectivity index (χ1) is 9.10. The average Bonchev–Trinajstić information content (AvgIpc) is 2.42. The van der Waals surface area contributed by atoms with Gasteiger partial charge in [0.15, 0.2) is 0 Å². The third kappa shape index (κ3) is 2.98. The van der Waals surface area contributed by atoms with Gasteiger partial charge in [-0.3, -0.25) is 9.59 Å². The molecule has 6 heteroatoms. The van der Waals surface area contributed by atoms with Crippen LogP contribution < -0.4 is 15.6 Å². The summed E-state index contributed by atoms with van der Waals surface area (Å²) in [6, 6.07) is 6.17. The van der Waals surface area contributed by atoms with E-state index in [-0.39, 0.29) is 11.5 Å². The molecule has 2 aromatic heterocycles. The predicted molar refractivity (Wildman–Crippen MR) is 70.4 cm³/mol. The summed E-state index contributed by atoms with van der Waals surface area (Å²) in [5, 5.41) is 2.65. The normalized spacial score (nSPS) is 10.0. The second-order valence-corrected chi connectivity index (χ2v) is 3.91. The summed E-state index contributed by atoms with van der Waals surface area (Å²) in [7, 11) is 3.14. The number of ether oxygens (including phenoxy) is 1. The Balaban J connectivity index is 2.15. The van der Waals surface area contributed by atoms with Crippen molar-refractivity contribution in [1.29, 1.82) is 0 Å². The van der Waals surface area contributed by atoms with E-state index in [1.54, 1.807) is 31.4 Å². The van der Waals surface area contributed by atoms with E-state index in [0.717, 1.165) is 0 Å². The lowest BCUT2D eigenvalue weighted by atomic mass is 10.2. The fourth-order valence-corrected chi connectivity index (χ4v) is 1.47. The first-order valence-electron chi connectivity index (χ1n) is 5.58. The summed E-state index contributed by atoms with van der Waals surface area (Å²) >= 11 is 0. The SMILES string of the molecule is COc1ccc(NC(=O)c2ccn(C)c(=O)c2)cn1. The maximum Gasteiger partial charge on any atom is 0.255 e. The molecule has 2 rings (SSSR count). The van der Waals surface area contributed by atoms with Gasteiger partial charge in [-0.15, -0.1) is 0 Å². The summed E-state index contributed by atoms with van der Waals surface area (Å²) in [5.74, 6) is 0.108. The number of nitrogens with zero attached hydrogens (tertiary/aromatic N) is 2. The van der Waals surface area contributed by atoms with Crippen LogP contribution in [0.15, 0.2) is 41.5 Å². The van der Waals surface area contributed by atoms with E-state index in [1.165, 1.54) is 23.9 Å². The van der Waals surface area contributed by atoms with Crippen LogP contribution in [0.5, 0.6) is 5.88 Å². The quantitative estimate of drug-likeness (QED) is 0.893. The second-order valence-electron chi connectivity index (χ2n) is 3.91. The standard InChI is InChI=1S/C13H13N3O3/c1-16-6-5-9(7-12(16)17)13(18)15-10-3-4-11(19-2)14-8-10/h3-8H,1-2H3,(H,15,18). The van der Waals surface area contributed by atoms with Crippen molar-refractivity contribution in [3.8, 4) is 5.88 Å². The molecule has 0 aliphatic heterocycles. The van der Waals surface area contributed by atoms with E-state index in [4.69, 9.17) is 4.74 Å². The van der Waals surface area contributed by atoms with Crippen molar-refractivity contribution in [1.82, 2.24) is 9.55 Å². The molecule has 0 aliphatic rings. The van der Waals surface area contributed by atoms with Gasteiger partial charge in [0.05, 0.1) is 19.0 Å². The van der Waals surface area contributed by atoms with Gasteiger partial charge in [-0.2, -0.15) is 0 Å². The van der Waals surface area contributed by atoms with Crippen molar-refractivity contribution >= 4 is 11.6 Å². The summed E-state index contributed by atoms with van der Waals surface area (Å²) in [4.78, 5) is 27.3. The molecule has 0 fully saturated rings. The number of rotatable bonds is 3. The Morgan fingerprint density at radius 1 is 1.37 bits per heavy atom. The van der Waals surface area contributed by atoms with E-state index in [0.29, 0.717) is 17.1 Å². The second kappa shape index (κ2) is 5.34. The van der Waals surface area contributed by atoms with Gasteiger partial charge < -0.3 is 14.6 Å². The Labute approximate surface area is 109 Å². The topological polar surface area (TPSA) is 73.2 Å². The monoisotopic (exact) mass is 259 g/mol. The number of methoxy groups -OCH3 is 1. The number of carbonyl (C=O) groups is 1. The molecule has 6 nitrogen and oxygen atoms in total. The Bertz CT molecular complexity index is 647. The number of carbonyl (C=O) groups excluding carboxylic acids is 1. The molecule has 0 aromatic carbocycles. The van der Waals surface area contributed by atoms with E-state index >= 15 is 0 Å². The molecule has 0 unspecified atom stereocenters. The molecule has 0 saturated heterocycles. The fourth-order valence-electron chi connectivity index (χ4n) is 1.47. The van der Waals surface area contributed by atoms with E-state index in [9.17, 15) is 9.59 Å². The van der Waals surface area contributed by atoms with Crippen LogP contribution in [0.2, 0.25) is 0 Å². The summed E-state index contributed by atoms with van der Waals surface area (Å²) in [5.41, 5.74) is 0.603. The molecular formula is C13H13N3O3. The van der Waals surface area contributed by atoms with Crippen LogP contribution in [0, 0.1) is 0 Å². The van der Waals surface area contributed by atoms with Gasteiger partial charge in [0, 0.05) is 30.9 Å². The summed E-state index contributed by atoms with van der Waals surface area (Å²) in [6.45, 7) is 0. The van der Waals surface area contributed by atoms with E-state index in [1.807, 2.05) is 0 Å². The van der Waals surface area contributed by atoms with Crippen molar-refractivity contribution in [2.75, 3.05) is 12.4 Å². The number of pyridine rings is 2. The number of hydrogen-bond acceptors (Lipinski definition) is 4. The molecule has 98 valence electrons. The van der Waals surface area contributed by atoms with Gasteiger partial charge in [0.25, 0.3) is 11.5 Å². The van der Waals surface area contributed by atoms with Crippen LogP contribution in [0.1, 0.15) is 10.4 Å². The molecule has 2 heterocycles. The molecule has 2 aromatic rings. The molecule has 1 N–H and O–H groups in total. The highest BCUT2D eigenvalue weighted by atomic mass is 16.5. The Hall–Kier alpha value is -2.63. The number of anilines is 1. The number of nitrogens with one attached hydrogen (secondary N) is 1. The van der Waals surface area contributed by atoms with Gasteiger partial charge in [-0.05, 0) is 12.1 Å². The van der Waals surface area contributed by atoms with Crippen LogP contribution in [0.3, 0.4) is 0 Å². The Kier molecular flexibility index (Phi) is 3.61. The smallest absolute Gasteiger partial charge is 0.255 e. The lowest BCUT2D eigenvalue weighted by Gasteiger charge is -2.06. The zero-order valence-corrected chi connectivity index (χ0v) is 10.6. The largest absolute Gasteiger partial charge is 0.481 e. The highest BCUT2D eigenvalue weighted by Crippen LogP contribution is 2.11. The van der Waals surface area contributed by atoms with Gasteiger partial charge in [-0.1, -0.05) is 0 Å². The van der Waals surface area contributed by atoms with Crippen molar-refractivity contribution in [2.24, 2.45) is 7.05 Å². The maximum atomic E-state index is 11.9. The molecule has 0 atom stereocenters. The zero-order chi connectivity index (χ0) is 13.8. The minimum absolute atomic E-state index is 0.236. The van der Waals surface area contributed by atoms with Gasteiger partial charge in [0.2, 0.25) is 5.88 Å². The minimum Gasteiger partial charge on any atom is -0.481 e. The molecule has 0 saturated carbocycles. The Morgan fingerprint density at radius 2 is 2.16 bits per heavy atom. The van der Waals surface area contributed by atoms with Crippen LogP contribution in [-0.2, 0) is 7.05 Å². The average molecular weight is 259 g/mol. The van der Waals surface area contributed by atoms with Gasteiger partial charge >= 0.3 is 0 Å². The van der Waals surface area contributed by atoms with Crippen molar-refractivity contribution in [3.05, 3.63) is 52.6 Å². The predicted octanol–water partition coefficient (Wildman–Crippen LogP) is 1.04. The number of aromatic nitrogens is 2. The molecule has 0 spiro atoms. The van der Waals surface area contributed by atoms with Crippen LogP contribution in [0.25, 0.3) is 0 Å². The van der Waals surface area contributed by atoms with Crippen LogP contribution in [-0.4, -0.2) is 22.6 Å². The highest BCUT2D eigenvalue weighted by molar-refractivity contribution is 6.04. The van der Waals surface area contributed by atoms with E-state index in [2.05, 4.69) is 10.3 Å². The number of hydrogen-bond donors (Lipinski definition) is 1. The zero-order valence-electron chi connectivity index (χ0n) is 10.6. The minimum atomic E-state index is -0.357. The van der Waals surface area contributed by atoms with Crippen LogP contribution >= 0.6 is 0 Å². The lowest BCUT2D eigenvalue weighted by Crippen LogP contribution is -2.20. The summed E-state index contributed by atoms with van der Waals surface area (Å²) in [6.07, 6.45) is 3.03. The first kappa shape index (κ1) is 12.8. The van der Waals surface area contributed by atoms with Crippen molar-refractivity contribution in [3.63, 3.8) is 0 Å². The van der Waals surface area contributed by atoms with Gasteiger partial charge in [0.1, 0.15) is 0 Å². The Morgan fingerprint density at radius 3 is 2.74 bits per heavy atom. The molecule has 0 radical (unpaired) electrons. The first-order valence-corrected chi connectivity index (χ1v) is 5.58. The third-order valence-corrected chi connectivity index (χ3v) is 2.57.